The molecule has 2 aromatic rings. The third kappa shape index (κ3) is 3.34. The number of benzene rings is 1. The molecule has 2 N–H and O–H groups in total. The van der Waals surface area contributed by atoms with Crippen LogP contribution in [0.1, 0.15) is 18.5 Å². The molecule has 0 aliphatic carbocycles. The molecule has 3 rings (SSSR count). The molecule has 1 saturated heterocycles. The van der Waals surface area contributed by atoms with Crippen molar-refractivity contribution in [3.8, 4) is 11.3 Å². The highest BCUT2D eigenvalue weighted by molar-refractivity contribution is 6.30. The maximum Gasteiger partial charge on any atom is 0.226 e. The first-order chi connectivity index (χ1) is 10.1. The van der Waals surface area contributed by atoms with Crippen molar-refractivity contribution in [3.05, 3.63) is 41.0 Å². The minimum Gasteiger partial charge on any atom is -0.341 e. The van der Waals surface area contributed by atoms with Crippen LogP contribution in [0, 0.1) is 6.92 Å². The summed E-state index contributed by atoms with van der Waals surface area (Å²) in [4.78, 5) is 11.5. The molecule has 5 heteroatoms. The van der Waals surface area contributed by atoms with Crippen molar-refractivity contribution >= 4 is 17.5 Å². The molecule has 1 aliphatic rings. The van der Waals surface area contributed by atoms with Gasteiger partial charge in [0.1, 0.15) is 0 Å². The topological polar surface area (TPSA) is 55.0 Å². The molecule has 1 fully saturated rings. The van der Waals surface area contributed by atoms with Crippen molar-refractivity contribution in [2.75, 3.05) is 18.0 Å². The SMILES string of the molecule is Cc1cc(-c2ccc(Cl)cc2)nc(N2CCC(N)CC2)n1. The summed E-state index contributed by atoms with van der Waals surface area (Å²) in [5.41, 5.74) is 8.92. The average molecular weight is 303 g/mol. The van der Waals surface area contributed by atoms with Gasteiger partial charge in [0.2, 0.25) is 5.95 Å². The third-order valence-corrected chi connectivity index (χ3v) is 4.06. The van der Waals surface area contributed by atoms with Gasteiger partial charge in [-0.1, -0.05) is 23.7 Å². The van der Waals surface area contributed by atoms with E-state index in [4.69, 9.17) is 22.3 Å². The second-order valence-corrected chi connectivity index (χ2v) is 5.96. The van der Waals surface area contributed by atoms with Crippen LogP contribution in [0.2, 0.25) is 5.02 Å². The van der Waals surface area contributed by atoms with E-state index >= 15 is 0 Å². The van der Waals surface area contributed by atoms with Gasteiger partial charge in [0.05, 0.1) is 5.69 Å². The zero-order valence-electron chi connectivity index (χ0n) is 12.1. The lowest BCUT2D eigenvalue weighted by atomic mass is 10.1. The smallest absolute Gasteiger partial charge is 0.226 e. The Bertz CT molecular complexity index is 619. The summed E-state index contributed by atoms with van der Waals surface area (Å²) in [6.07, 6.45) is 1.99. The van der Waals surface area contributed by atoms with E-state index < -0.39 is 0 Å². The molecule has 21 heavy (non-hydrogen) atoms. The zero-order chi connectivity index (χ0) is 14.8. The van der Waals surface area contributed by atoms with Crippen molar-refractivity contribution in [2.45, 2.75) is 25.8 Å². The number of hydrogen-bond acceptors (Lipinski definition) is 4. The predicted molar refractivity (Wildman–Crippen MR) is 86.6 cm³/mol. The van der Waals surface area contributed by atoms with E-state index in [0.717, 1.165) is 53.9 Å². The molecule has 4 nitrogen and oxygen atoms in total. The van der Waals surface area contributed by atoms with Crippen LogP contribution in [0.3, 0.4) is 0 Å². The zero-order valence-corrected chi connectivity index (χ0v) is 12.8. The monoisotopic (exact) mass is 302 g/mol. The van der Waals surface area contributed by atoms with E-state index in [2.05, 4.69) is 9.88 Å². The molecule has 2 heterocycles. The van der Waals surface area contributed by atoms with Gasteiger partial charge in [-0.2, -0.15) is 0 Å². The quantitative estimate of drug-likeness (QED) is 0.926. The lowest BCUT2D eigenvalue weighted by molar-refractivity contribution is 0.495. The molecular weight excluding hydrogens is 284 g/mol. The second kappa shape index (κ2) is 6.00. The summed E-state index contributed by atoms with van der Waals surface area (Å²) in [7, 11) is 0. The van der Waals surface area contributed by atoms with Crippen LogP contribution in [0.4, 0.5) is 5.95 Å². The Morgan fingerprint density at radius 3 is 2.48 bits per heavy atom. The highest BCUT2D eigenvalue weighted by Gasteiger charge is 2.19. The van der Waals surface area contributed by atoms with Gasteiger partial charge in [-0.05, 0) is 38.0 Å². The van der Waals surface area contributed by atoms with Crippen molar-refractivity contribution in [3.63, 3.8) is 0 Å². The van der Waals surface area contributed by atoms with Gasteiger partial charge < -0.3 is 10.6 Å². The van der Waals surface area contributed by atoms with Crippen molar-refractivity contribution < 1.29 is 0 Å². The van der Waals surface area contributed by atoms with Crippen molar-refractivity contribution in [2.24, 2.45) is 5.73 Å². The lowest BCUT2D eigenvalue weighted by Gasteiger charge is -2.30. The van der Waals surface area contributed by atoms with Gasteiger partial charge >= 0.3 is 0 Å². The minimum absolute atomic E-state index is 0.307. The van der Waals surface area contributed by atoms with Gasteiger partial charge in [-0.25, -0.2) is 9.97 Å². The Labute approximate surface area is 130 Å². The number of halogens is 1. The predicted octanol–water partition coefficient (Wildman–Crippen LogP) is 3.03. The molecule has 0 amide bonds. The fourth-order valence-electron chi connectivity index (χ4n) is 2.56. The molecule has 1 aromatic carbocycles. The Balaban J connectivity index is 1.91. The molecule has 0 spiro atoms. The summed E-state index contributed by atoms with van der Waals surface area (Å²) in [6, 6.07) is 10.0. The van der Waals surface area contributed by atoms with Crippen molar-refractivity contribution in [1.29, 1.82) is 0 Å². The van der Waals surface area contributed by atoms with Gasteiger partial charge in [-0.15, -0.1) is 0 Å². The normalized spacial score (nSPS) is 16.2. The number of aromatic nitrogens is 2. The number of hydrogen-bond donors (Lipinski definition) is 1. The van der Waals surface area contributed by atoms with Crippen LogP contribution < -0.4 is 10.6 Å². The molecule has 110 valence electrons. The van der Waals surface area contributed by atoms with Crippen LogP contribution in [0.25, 0.3) is 11.3 Å². The van der Waals surface area contributed by atoms with Gasteiger partial charge in [0.15, 0.2) is 0 Å². The highest BCUT2D eigenvalue weighted by atomic mass is 35.5. The summed E-state index contributed by atoms with van der Waals surface area (Å²) >= 11 is 5.94. The first-order valence-electron chi connectivity index (χ1n) is 7.24. The molecule has 0 unspecified atom stereocenters. The Morgan fingerprint density at radius 2 is 1.81 bits per heavy atom. The summed E-state index contributed by atoms with van der Waals surface area (Å²) < 4.78 is 0. The van der Waals surface area contributed by atoms with Crippen LogP contribution in [0.5, 0.6) is 0 Å². The molecular formula is C16H19ClN4. The highest BCUT2D eigenvalue weighted by Crippen LogP contribution is 2.23. The third-order valence-electron chi connectivity index (χ3n) is 3.80. The number of nitrogens with two attached hydrogens (primary N) is 1. The van der Waals surface area contributed by atoms with Crippen molar-refractivity contribution in [1.82, 2.24) is 9.97 Å². The van der Waals surface area contributed by atoms with Gasteiger partial charge in [0.25, 0.3) is 0 Å². The number of aryl methyl sites for hydroxylation is 1. The molecule has 0 saturated carbocycles. The number of anilines is 1. The molecule has 0 radical (unpaired) electrons. The average Bonchev–Trinajstić information content (AvgIpc) is 2.48. The van der Waals surface area contributed by atoms with E-state index in [9.17, 15) is 0 Å². The second-order valence-electron chi connectivity index (χ2n) is 5.53. The van der Waals surface area contributed by atoms with Gasteiger partial charge in [-0.3, -0.25) is 0 Å². The summed E-state index contributed by atoms with van der Waals surface area (Å²) in [5, 5.41) is 0.731. The fourth-order valence-corrected chi connectivity index (χ4v) is 2.69. The van der Waals surface area contributed by atoms with E-state index in [1.165, 1.54) is 0 Å². The standard InChI is InChI=1S/C16H19ClN4/c1-11-10-15(12-2-4-13(17)5-3-12)20-16(19-11)21-8-6-14(18)7-9-21/h2-5,10,14H,6-9,18H2,1H3. The minimum atomic E-state index is 0.307. The molecule has 0 atom stereocenters. The first kappa shape index (κ1) is 14.3. The fraction of sp³-hybridized carbons (Fsp3) is 0.375. The largest absolute Gasteiger partial charge is 0.341 e. The van der Waals surface area contributed by atoms with E-state index in [-0.39, 0.29) is 0 Å². The van der Waals surface area contributed by atoms with Gasteiger partial charge in [0, 0.05) is 35.4 Å². The van der Waals surface area contributed by atoms with E-state index in [1.807, 2.05) is 37.3 Å². The van der Waals surface area contributed by atoms with Crippen LogP contribution >= 0.6 is 11.6 Å². The number of rotatable bonds is 2. The maximum atomic E-state index is 5.96. The number of piperidine rings is 1. The summed E-state index contributed by atoms with van der Waals surface area (Å²) in [5.74, 6) is 0.798. The first-order valence-corrected chi connectivity index (χ1v) is 7.62. The molecule has 0 bridgehead atoms. The van der Waals surface area contributed by atoms with Crippen LogP contribution in [-0.2, 0) is 0 Å². The van der Waals surface area contributed by atoms with Crippen LogP contribution in [0.15, 0.2) is 30.3 Å². The van der Waals surface area contributed by atoms with E-state index in [0.29, 0.717) is 6.04 Å². The maximum absolute atomic E-state index is 5.96. The van der Waals surface area contributed by atoms with E-state index in [1.54, 1.807) is 0 Å². The number of nitrogens with zero attached hydrogens (tertiary/aromatic N) is 3. The lowest BCUT2D eigenvalue weighted by Crippen LogP contribution is -2.40. The summed E-state index contributed by atoms with van der Waals surface area (Å²) in [6.45, 7) is 3.84. The Kier molecular flexibility index (Phi) is 4.08. The Morgan fingerprint density at radius 1 is 1.14 bits per heavy atom. The Hall–Kier alpha value is -1.65. The molecule has 1 aliphatic heterocycles. The molecule has 1 aromatic heterocycles. The van der Waals surface area contributed by atoms with Crippen LogP contribution in [-0.4, -0.2) is 29.1 Å².